The minimum Gasteiger partial charge on any atom is -0.497 e. The first-order valence-electron chi connectivity index (χ1n) is 8.45. The Morgan fingerprint density at radius 1 is 1.12 bits per heavy atom. The fourth-order valence-electron chi connectivity index (χ4n) is 2.80. The van der Waals surface area contributed by atoms with Crippen molar-refractivity contribution in [3.8, 4) is 11.5 Å². The van der Waals surface area contributed by atoms with E-state index in [9.17, 15) is 4.79 Å². The Kier molecular flexibility index (Phi) is 5.90. The van der Waals surface area contributed by atoms with Crippen LogP contribution in [0.3, 0.4) is 0 Å². The van der Waals surface area contributed by atoms with Crippen LogP contribution in [0.1, 0.15) is 5.56 Å². The number of ether oxygens (including phenoxy) is 3. The zero-order valence-corrected chi connectivity index (χ0v) is 14.4. The van der Waals surface area contributed by atoms with Gasteiger partial charge in [0.15, 0.2) is 0 Å². The van der Waals surface area contributed by atoms with Crippen LogP contribution in [-0.4, -0.2) is 50.3 Å². The molecule has 2 aromatic rings. The Bertz CT molecular complexity index is 672. The standard InChI is InChI=1S/C20H23NO4/c1-23-17-9-7-16(8-10-17)13-20(22)21-11-12-24-15-19(14-21)25-18-5-3-2-4-6-18/h2-10,19H,11-15H2,1H3/t19-/m1/s1. The molecule has 0 radical (unpaired) electrons. The molecule has 2 aromatic carbocycles. The molecule has 1 atom stereocenters. The molecule has 0 aromatic heterocycles. The largest absolute Gasteiger partial charge is 0.497 e. The maximum Gasteiger partial charge on any atom is 0.227 e. The summed E-state index contributed by atoms with van der Waals surface area (Å²) in [5.41, 5.74) is 0.969. The highest BCUT2D eigenvalue weighted by molar-refractivity contribution is 5.78. The molecule has 3 rings (SSSR count). The molecule has 0 aliphatic carbocycles. The van der Waals surface area contributed by atoms with E-state index in [4.69, 9.17) is 14.2 Å². The summed E-state index contributed by atoms with van der Waals surface area (Å²) in [6, 6.07) is 17.2. The SMILES string of the molecule is COc1ccc(CC(=O)N2CCOC[C@H](Oc3ccccc3)C2)cc1. The molecule has 1 amide bonds. The van der Waals surface area contributed by atoms with E-state index in [1.54, 1.807) is 7.11 Å². The van der Waals surface area contributed by atoms with Crippen LogP contribution in [0.5, 0.6) is 11.5 Å². The molecule has 5 heteroatoms. The van der Waals surface area contributed by atoms with Crippen molar-refractivity contribution in [2.24, 2.45) is 0 Å². The number of benzene rings is 2. The van der Waals surface area contributed by atoms with Gasteiger partial charge in [-0.2, -0.15) is 0 Å². The molecule has 0 bridgehead atoms. The summed E-state index contributed by atoms with van der Waals surface area (Å²) in [7, 11) is 1.63. The van der Waals surface area contributed by atoms with Gasteiger partial charge in [0.2, 0.25) is 5.91 Å². The van der Waals surface area contributed by atoms with Crippen LogP contribution in [0.2, 0.25) is 0 Å². The van der Waals surface area contributed by atoms with E-state index in [1.807, 2.05) is 59.5 Å². The molecule has 0 spiro atoms. The van der Waals surface area contributed by atoms with Crippen molar-refractivity contribution in [3.63, 3.8) is 0 Å². The van der Waals surface area contributed by atoms with Gasteiger partial charge in [-0.15, -0.1) is 0 Å². The summed E-state index contributed by atoms with van der Waals surface area (Å²) in [5.74, 6) is 1.66. The van der Waals surface area contributed by atoms with Crippen LogP contribution in [-0.2, 0) is 16.0 Å². The number of nitrogens with zero attached hydrogens (tertiary/aromatic N) is 1. The van der Waals surface area contributed by atoms with Crippen molar-refractivity contribution in [1.29, 1.82) is 0 Å². The number of hydrogen-bond acceptors (Lipinski definition) is 4. The van der Waals surface area contributed by atoms with Gasteiger partial charge in [-0.05, 0) is 29.8 Å². The molecule has 1 aliphatic rings. The van der Waals surface area contributed by atoms with Gasteiger partial charge in [0.05, 0.1) is 33.3 Å². The van der Waals surface area contributed by atoms with E-state index in [0.717, 1.165) is 17.1 Å². The summed E-state index contributed by atoms with van der Waals surface area (Å²) in [6.07, 6.45) is 0.201. The lowest BCUT2D eigenvalue weighted by molar-refractivity contribution is -0.131. The van der Waals surface area contributed by atoms with Crippen molar-refractivity contribution >= 4 is 5.91 Å². The maximum absolute atomic E-state index is 12.7. The normalized spacial score (nSPS) is 17.6. The van der Waals surface area contributed by atoms with Crippen molar-refractivity contribution < 1.29 is 19.0 Å². The minimum absolute atomic E-state index is 0.0809. The van der Waals surface area contributed by atoms with Gasteiger partial charge in [-0.25, -0.2) is 0 Å². The number of amides is 1. The number of carbonyl (C=O) groups is 1. The summed E-state index contributed by atoms with van der Waals surface area (Å²) < 4.78 is 16.7. The van der Waals surface area contributed by atoms with E-state index < -0.39 is 0 Å². The molecule has 1 fully saturated rings. The van der Waals surface area contributed by atoms with Gasteiger partial charge in [-0.1, -0.05) is 30.3 Å². The summed E-state index contributed by atoms with van der Waals surface area (Å²) in [5, 5.41) is 0. The Morgan fingerprint density at radius 3 is 2.60 bits per heavy atom. The molecular weight excluding hydrogens is 318 g/mol. The number of carbonyl (C=O) groups excluding carboxylic acids is 1. The second kappa shape index (κ2) is 8.53. The van der Waals surface area contributed by atoms with Crippen LogP contribution in [0.15, 0.2) is 54.6 Å². The second-order valence-corrected chi connectivity index (χ2v) is 5.99. The first-order chi connectivity index (χ1) is 12.2. The average molecular weight is 341 g/mol. The lowest BCUT2D eigenvalue weighted by Crippen LogP contribution is -2.40. The van der Waals surface area contributed by atoms with Crippen LogP contribution in [0.4, 0.5) is 0 Å². The van der Waals surface area contributed by atoms with Crippen molar-refractivity contribution in [1.82, 2.24) is 4.90 Å². The number of rotatable bonds is 5. The summed E-state index contributed by atoms with van der Waals surface area (Å²) in [6.45, 7) is 2.14. The molecule has 5 nitrogen and oxygen atoms in total. The highest BCUT2D eigenvalue weighted by Crippen LogP contribution is 2.15. The van der Waals surface area contributed by atoms with Gasteiger partial charge >= 0.3 is 0 Å². The Morgan fingerprint density at radius 2 is 1.88 bits per heavy atom. The third-order valence-electron chi connectivity index (χ3n) is 4.15. The predicted octanol–water partition coefficient (Wildman–Crippen LogP) is 2.54. The summed E-state index contributed by atoms with van der Waals surface area (Å²) in [4.78, 5) is 14.5. The Labute approximate surface area is 148 Å². The van der Waals surface area contributed by atoms with Crippen LogP contribution in [0.25, 0.3) is 0 Å². The van der Waals surface area contributed by atoms with Gasteiger partial charge in [0.25, 0.3) is 0 Å². The van der Waals surface area contributed by atoms with Crippen LogP contribution in [0, 0.1) is 0 Å². The maximum atomic E-state index is 12.7. The third-order valence-corrected chi connectivity index (χ3v) is 4.15. The minimum atomic E-state index is -0.162. The number of para-hydroxylation sites is 1. The fraction of sp³-hybridized carbons (Fsp3) is 0.350. The first kappa shape index (κ1) is 17.3. The van der Waals surface area contributed by atoms with Gasteiger partial charge in [-0.3, -0.25) is 4.79 Å². The van der Waals surface area contributed by atoms with Crippen molar-refractivity contribution in [3.05, 3.63) is 60.2 Å². The van der Waals surface area contributed by atoms with Crippen LogP contribution >= 0.6 is 0 Å². The van der Waals surface area contributed by atoms with E-state index in [-0.39, 0.29) is 12.0 Å². The quantitative estimate of drug-likeness (QED) is 0.839. The van der Waals surface area contributed by atoms with E-state index in [2.05, 4.69) is 0 Å². The van der Waals surface area contributed by atoms with Crippen molar-refractivity contribution in [2.75, 3.05) is 33.4 Å². The van der Waals surface area contributed by atoms with Crippen molar-refractivity contribution in [2.45, 2.75) is 12.5 Å². The highest BCUT2D eigenvalue weighted by Gasteiger charge is 2.23. The monoisotopic (exact) mass is 341 g/mol. The zero-order chi connectivity index (χ0) is 17.5. The van der Waals surface area contributed by atoms with Gasteiger partial charge < -0.3 is 19.1 Å². The highest BCUT2D eigenvalue weighted by atomic mass is 16.5. The van der Waals surface area contributed by atoms with Crippen LogP contribution < -0.4 is 9.47 Å². The van der Waals surface area contributed by atoms with E-state index >= 15 is 0 Å². The van der Waals surface area contributed by atoms with Gasteiger partial charge in [0, 0.05) is 6.54 Å². The van der Waals surface area contributed by atoms with E-state index in [0.29, 0.717) is 32.7 Å². The molecular formula is C20H23NO4. The van der Waals surface area contributed by atoms with E-state index in [1.165, 1.54) is 0 Å². The Hall–Kier alpha value is -2.53. The second-order valence-electron chi connectivity index (χ2n) is 5.99. The molecule has 0 N–H and O–H groups in total. The molecule has 132 valence electrons. The lowest BCUT2D eigenvalue weighted by atomic mass is 10.1. The Balaban J connectivity index is 1.60. The summed E-state index contributed by atoms with van der Waals surface area (Å²) >= 11 is 0. The van der Waals surface area contributed by atoms with Gasteiger partial charge in [0.1, 0.15) is 17.6 Å². The molecule has 1 aliphatic heterocycles. The first-order valence-corrected chi connectivity index (χ1v) is 8.45. The smallest absolute Gasteiger partial charge is 0.227 e. The topological polar surface area (TPSA) is 48.0 Å². The fourth-order valence-corrected chi connectivity index (χ4v) is 2.80. The number of methoxy groups -OCH3 is 1. The molecule has 0 unspecified atom stereocenters. The molecule has 1 heterocycles. The lowest BCUT2D eigenvalue weighted by Gasteiger charge is -2.24. The predicted molar refractivity (Wildman–Crippen MR) is 95.0 cm³/mol. The molecule has 1 saturated heterocycles. The number of hydrogen-bond donors (Lipinski definition) is 0. The average Bonchev–Trinajstić information content (AvgIpc) is 2.89. The molecule has 0 saturated carbocycles. The third kappa shape index (κ3) is 4.97. The zero-order valence-electron chi connectivity index (χ0n) is 14.4. The molecule has 25 heavy (non-hydrogen) atoms.